The molecule has 0 amide bonds. The number of rotatable bonds is 14. The van der Waals surface area contributed by atoms with E-state index in [-0.39, 0.29) is 18.9 Å². The Bertz CT molecular complexity index is 523. The second kappa shape index (κ2) is 12.9. The van der Waals surface area contributed by atoms with Gasteiger partial charge in [-0.15, -0.1) is 6.58 Å². The van der Waals surface area contributed by atoms with E-state index in [0.29, 0.717) is 30.5 Å². The Kier molecular flexibility index (Phi) is 11.3. The fourth-order valence-electron chi connectivity index (χ4n) is 3.93. The summed E-state index contributed by atoms with van der Waals surface area (Å²) in [5.41, 5.74) is 0. The summed E-state index contributed by atoms with van der Waals surface area (Å²) >= 11 is 0. The number of ether oxygens (including phenoxy) is 1. The van der Waals surface area contributed by atoms with Crippen molar-refractivity contribution in [1.82, 2.24) is 0 Å². The zero-order valence-corrected chi connectivity index (χ0v) is 17.6. The quantitative estimate of drug-likeness (QED) is 0.198. The van der Waals surface area contributed by atoms with E-state index in [0.717, 1.165) is 44.9 Å². The molecule has 5 heteroatoms. The van der Waals surface area contributed by atoms with E-state index >= 15 is 0 Å². The minimum Gasteiger partial charge on any atom is -0.462 e. The number of hydrogen-bond acceptors (Lipinski definition) is 5. The summed E-state index contributed by atoms with van der Waals surface area (Å²) in [6.45, 7) is 7.82. The molecule has 0 heterocycles. The lowest BCUT2D eigenvalue weighted by molar-refractivity contribution is -0.211. The van der Waals surface area contributed by atoms with Gasteiger partial charge in [-0.1, -0.05) is 44.4 Å². The fourth-order valence-corrected chi connectivity index (χ4v) is 3.93. The second-order valence-corrected chi connectivity index (χ2v) is 7.86. The van der Waals surface area contributed by atoms with Crippen LogP contribution in [0.15, 0.2) is 24.8 Å². The SMILES string of the molecule is C=C[C@@H](CC=C[C@H]1CCC(=O)[C@@H]1CCCCCC(O)(O)C(=O)OCC)CCC. The van der Waals surface area contributed by atoms with Gasteiger partial charge in [-0.3, -0.25) is 4.79 Å². The smallest absolute Gasteiger partial charge is 0.366 e. The van der Waals surface area contributed by atoms with E-state index in [2.05, 4.69) is 30.4 Å². The lowest BCUT2D eigenvalue weighted by Crippen LogP contribution is -2.39. The summed E-state index contributed by atoms with van der Waals surface area (Å²) in [5.74, 6) is -2.17. The molecule has 0 aromatic carbocycles. The van der Waals surface area contributed by atoms with Crippen LogP contribution in [0.2, 0.25) is 0 Å². The highest BCUT2D eigenvalue weighted by atomic mass is 16.6. The van der Waals surface area contributed by atoms with Gasteiger partial charge < -0.3 is 14.9 Å². The Morgan fingerprint density at radius 1 is 1.32 bits per heavy atom. The van der Waals surface area contributed by atoms with E-state index in [1.165, 1.54) is 0 Å². The molecule has 0 saturated heterocycles. The molecule has 0 unspecified atom stereocenters. The standard InChI is InChI=1S/C23H38O5/c1-4-11-18(5-2)12-10-13-19-15-16-21(24)20(19)14-8-7-9-17-23(26,27)22(25)28-6-3/h5,10,13,18-20,26-27H,2,4,6-9,11-12,14-17H2,1,3H3/t18-,19+,20-/m1/s1. The van der Waals surface area contributed by atoms with Crippen LogP contribution in [-0.2, 0) is 14.3 Å². The molecule has 0 radical (unpaired) electrons. The molecule has 1 fully saturated rings. The number of Topliss-reactive ketones (excluding diaryl/α,β-unsaturated/α-hetero) is 1. The van der Waals surface area contributed by atoms with Crippen molar-refractivity contribution in [2.24, 2.45) is 17.8 Å². The molecule has 1 rings (SSSR count). The first kappa shape index (κ1) is 24.6. The molecule has 1 aliphatic carbocycles. The minimum atomic E-state index is -2.41. The molecular weight excluding hydrogens is 356 g/mol. The van der Waals surface area contributed by atoms with Crippen LogP contribution in [0, 0.1) is 17.8 Å². The van der Waals surface area contributed by atoms with Gasteiger partial charge in [-0.25, -0.2) is 4.79 Å². The van der Waals surface area contributed by atoms with Crippen molar-refractivity contribution in [3.8, 4) is 0 Å². The number of unbranched alkanes of at least 4 members (excludes halogenated alkanes) is 2. The zero-order chi connectivity index (χ0) is 21.0. The molecule has 160 valence electrons. The van der Waals surface area contributed by atoms with Crippen molar-refractivity contribution < 1.29 is 24.5 Å². The Morgan fingerprint density at radius 2 is 2.07 bits per heavy atom. The van der Waals surface area contributed by atoms with Crippen molar-refractivity contribution >= 4 is 11.8 Å². The molecule has 1 saturated carbocycles. The second-order valence-electron chi connectivity index (χ2n) is 7.86. The molecule has 0 bridgehead atoms. The molecule has 0 aromatic heterocycles. The molecule has 2 N–H and O–H groups in total. The van der Waals surface area contributed by atoms with E-state index in [1.807, 2.05) is 6.08 Å². The van der Waals surface area contributed by atoms with Crippen LogP contribution >= 0.6 is 0 Å². The predicted molar refractivity (Wildman–Crippen MR) is 110 cm³/mol. The van der Waals surface area contributed by atoms with E-state index in [9.17, 15) is 19.8 Å². The van der Waals surface area contributed by atoms with Crippen molar-refractivity contribution in [2.45, 2.75) is 83.8 Å². The zero-order valence-electron chi connectivity index (χ0n) is 17.6. The summed E-state index contributed by atoms with van der Waals surface area (Å²) in [6.07, 6.45) is 14.2. The largest absolute Gasteiger partial charge is 0.462 e. The Morgan fingerprint density at radius 3 is 2.71 bits per heavy atom. The fraction of sp³-hybridized carbons (Fsp3) is 0.739. The van der Waals surface area contributed by atoms with Gasteiger partial charge in [0, 0.05) is 18.8 Å². The van der Waals surface area contributed by atoms with Crippen LogP contribution in [0.25, 0.3) is 0 Å². The Labute approximate surface area is 169 Å². The van der Waals surface area contributed by atoms with Gasteiger partial charge in [-0.05, 0) is 50.9 Å². The highest BCUT2D eigenvalue weighted by Crippen LogP contribution is 2.34. The Balaban J connectivity index is 2.37. The summed E-state index contributed by atoms with van der Waals surface area (Å²) in [4.78, 5) is 23.7. The number of carbonyl (C=O) groups excluding carboxylic acids is 2. The number of carbonyl (C=O) groups is 2. The lowest BCUT2D eigenvalue weighted by Gasteiger charge is -2.19. The maximum Gasteiger partial charge on any atom is 0.366 e. The third-order valence-corrected chi connectivity index (χ3v) is 5.61. The first-order valence-electron chi connectivity index (χ1n) is 10.8. The highest BCUT2D eigenvalue weighted by Gasteiger charge is 2.35. The van der Waals surface area contributed by atoms with Crippen LogP contribution in [0.3, 0.4) is 0 Å². The predicted octanol–water partition coefficient (Wildman–Crippen LogP) is 4.32. The molecule has 0 spiro atoms. The van der Waals surface area contributed by atoms with E-state index in [4.69, 9.17) is 0 Å². The molecular formula is C23H38O5. The lowest BCUT2D eigenvalue weighted by atomic mass is 9.88. The van der Waals surface area contributed by atoms with Crippen LogP contribution in [0.5, 0.6) is 0 Å². The van der Waals surface area contributed by atoms with Gasteiger partial charge in [0.1, 0.15) is 5.78 Å². The van der Waals surface area contributed by atoms with Gasteiger partial charge in [0.2, 0.25) is 0 Å². The number of aliphatic hydroxyl groups is 2. The third kappa shape index (κ3) is 8.27. The van der Waals surface area contributed by atoms with Gasteiger partial charge in [0.15, 0.2) is 0 Å². The number of hydrogen-bond donors (Lipinski definition) is 2. The van der Waals surface area contributed by atoms with Crippen molar-refractivity contribution in [3.05, 3.63) is 24.8 Å². The van der Waals surface area contributed by atoms with E-state index in [1.54, 1.807) is 6.92 Å². The van der Waals surface area contributed by atoms with Gasteiger partial charge in [-0.2, -0.15) is 0 Å². The maximum atomic E-state index is 12.2. The third-order valence-electron chi connectivity index (χ3n) is 5.61. The molecule has 1 aliphatic rings. The monoisotopic (exact) mass is 394 g/mol. The summed E-state index contributed by atoms with van der Waals surface area (Å²) in [5, 5.41) is 19.4. The Hall–Kier alpha value is -1.46. The molecule has 5 nitrogen and oxygen atoms in total. The summed E-state index contributed by atoms with van der Waals surface area (Å²) in [7, 11) is 0. The van der Waals surface area contributed by atoms with Gasteiger partial charge in [0.25, 0.3) is 5.79 Å². The molecule has 0 aromatic rings. The minimum absolute atomic E-state index is 0.0475. The average molecular weight is 395 g/mol. The summed E-state index contributed by atoms with van der Waals surface area (Å²) < 4.78 is 4.65. The van der Waals surface area contributed by atoms with Crippen molar-refractivity contribution in [1.29, 1.82) is 0 Å². The molecule has 3 atom stereocenters. The van der Waals surface area contributed by atoms with Crippen LogP contribution in [0.4, 0.5) is 0 Å². The van der Waals surface area contributed by atoms with Gasteiger partial charge >= 0.3 is 5.97 Å². The molecule has 0 aliphatic heterocycles. The van der Waals surface area contributed by atoms with Gasteiger partial charge in [0.05, 0.1) is 6.61 Å². The maximum absolute atomic E-state index is 12.2. The van der Waals surface area contributed by atoms with Crippen molar-refractivity contribution in [2.75, 3.05) is 6.61 Å². The normalized spacial score (nSPS) is 21.2. The van der Waals surface area contributed by atoms with E-state index < -0.39 is 11.8 Å². The highest BCUT2D eigenvalue weighted by molar-refractivity contribution is 5.83. The van der Waals surface area contributed by atoms with Crippen LogP contribution in [-0.4, -0.2) is 34.4 Å². The summed E-state index contributed by atoms with van der Waals surface area (Å²) in [6, 6.07) is 0. The number of allylic oxidation sites excluding steroid dienone is 3. The molecule has 28 heavy (non-hydrogen) atoms. The first-order valence-corrected chi connectivity index (χ1v) is 10.8. The average Bonchev–Trinajstić information content (AvgIpc) is 3.00. The first-order chi connectivity index (χ1) is 13.4. The number of ketones is 1. The topological polar surface area (TPSA) is 83.8 Å². The van der Waals surface area contributed by atoms with Crippen LogP contribution < -0.4 is 0 Å². The number of esters is 1. The van der Waals surface area contributed by atoms with Crippen molar-refractivity contribution in [3.63, 3.8) is 0 Å². The van der Waals surface area contributed by atoms with Crippen LogP contribution in [0.1, 0.15) is 78.1 Å².